The maximum atomic E-state index is 10.1. The van der Waals surface area contributed by atoms with Crippen LogP contribution in [0.15, 0.2) is 10.6 Å². The lowest BCUT2D eigenvalue weighted by Gasteiger charge is -1.91. The summed E-state index contributed by atoms with van der Waals surface area (Å²) in [6, 6.07) is 1.69. The molecule has 1 aromatic heterocycles. The van der Waals surface area contributed by atoms with Crippen molar-refractivity contribution in [3.63, 3.8) is 0 Å². The van der Waals surface area contributed by atoms with Gasteiger partial charge >= 0.3 is 0 Å². The van der Waals surface area contributed by atoms with Gasteiger partial charge in [0.1, 0.15) is 0 Å². The van der Waals surface area contributed by atoms with E-state index in [9.17, 15) is 4.21 Å². The van der Waals surface area contributed by atoms with Crippen LogP contribution in [-0.2, 0) is 17.8 Å². The second-order valence-electron chi connectivity index (χ2n) is 2.00. The Bertz CT molecular complexity index is 260. The van der Waals surface area contributed by atoms with Crippen LogP contribution in [0.25, 0.3) is 0 Å². The van der Waals surface area contributed by atoms with Crippen LogP contribution in [-0.4, -0.2) is 13.9 Å². The van der Waals surface area contributed by atoms with E-state index in [1.54, 1.807) is 13.0 Å². The van der Waals surface area contributed by atoms with E-state index < -0.39 is 11.3 Å². The summed E-state index contributed by atoms with van der Waals surface area (Å²) in [5.41, 5.74) is 0.755. The number of nitrogens with one attached hydrogen (secondary N) is 1. The molecule has 0 aliphatic carbocycles. The fourth-order valence-corrected chi connectivity index (χ4v) is 0.898. The van der Waals surface area contributed by atoms with Gasteiger partial charge in [0.15, 0.2) is 5.76 Å². The smallest absolute Gasteiger partial charge is 0.232 e. The highest BCUT2D eigenvalue weighted by Crippen LogP contribution is 2.00. The SMILES string of the molecule is Cc1cc(CNS(=O)O)on1. The van der Waals surface area contributed by atoms with Gasteiger partial charge in [0.05, 0.1) is 12.2 Å². The van der Waals surface area contributed by atoms with Gasteiger partial charge in [0.25, 0.3) is 0 Å². The maximum Gasteiger partial charge on any atom is 0.232 e. The molecule has 62 valence electrons. The molecule has 0 saturated heterocycles. The van der Waals surface area contributed by atoms with Crippen molar-refractivity contribution in [3.8, 4) is 0 Å². The van der Waals surface area contributed by atoms with Gasteiger partial charge in [-0.05, 0) is 6.92 Å². The molecule has 5 nitrogen and oxygen atoms in total. The average Bonchev–Trinajstić information content (AvgIpc) is 2.31. The maximum absolute atomic E-state index is 10.1. The summed E-state index contributed by atoms with van der Waals surface area (Å²) in [5.74, 6) is 0.546. The summed E-state index contributed by atoms with van der Waals surface area (Å²) < 4.78 is 25.5. The summed E-state index contributed by atoms with van der Waals surface area (Å²) in [6.07, 6.45) is 0. The van der Waals surface area contributed by atoms with Gasteiger partial charge in [-0.2, -0.15) is 0 Å². The van der Waals surface area contributed by atoms with E-state index >= 15 is 0 Å². The lowest BCUT2D eigenvalue weighted by Crippen LogP contribution is -2.14. The van der Waals surface area contributed by atoms with Crippen molar-refractivity contribution in [1.29, 1.82) is 0 Å². The molecular weight excluding hydrogens is 168 g/mol. The van der Waals surface area contributed by atoms with Gasteiger partial charge < -0.3 is 4.52 Å². The molecule has 0 aliphatic heterocycles. The first-order chi connectivity index (χ1) is 5.18. The average molecular weight is 176 g/mol. The molecule has 1 heterocycles. The van der Waals surface area contributed by atoms with Crippen LogP contribution in [0.5, 0.6) is 0 Å². The number of nitrogens with zero attached hydrogens (tertiary/aromatic N) is 1. The Morgan fingerprint density at radius 2 is 2.64 bits per heavy atom. The summed E-state index contributed by atoms with van der Waals surface area (Å²) in [5, 5.41) is 3.60. The Morgan fingerprint density at radius 3 is 3.09 bits per heavy atom. The Labute approximate surface area is 66.2 Å². The van der Waals surface area contributed by atoms with E-state index in [0.29, 0.717) is 5.76 Å². The molecule has 0 spiro atoms. The van der Waals surface area contributed by atoms with Crippen LogP contribution in [0.4, 0.5) is 0 Å². The highest BCUT2D eigenvalue weighted by atomic mass is 32.2. The second-order valence-corrected chi connectivity index (χ2v) is 2.79. The first-order valence-electron chi connectivity index (χ1n) is 2.95. The normalized spacial score (nSPS) is 13.3. The van der Waals surface area contributed by atoms with Crippen molar-refractivity contribution < 1.29 is 13.3 Å². The molecule has 0 amide bonds. The zero-order valence-corrected chi connectivity index (χ0v) is 6.72. The fourth-order valence-electron chi connectivity index (χ4n) is 0.632. The van der Waals surface area contributed by atoms with E-state index in [4.69, 9.17) is 9.08 Å². The minimum atomic E-state index is -1.99. The molecular formula is C5H8N2O3S. The van der Waals surface area contributed by atoms with Crippen molar-refractivity contribution in [2.75, 3.05) is 0 Å². The lowest BCUT2D eigenvalue weighted by molar-refractivity contribution is 0.376. The molecule has 11 heavy (non-hydrogen) atoms. The fraction of sp³-hybridized carbons (Fsp3) is 0.400. The van der Waals surface area contributed by atoms with Gasteiger partial charge in [-0.25, -0.2) is 8.93 Å². The monoisotopic (exact) mass is 176 g/mol. The third-order valence-corrected chi connectivity index (χ3v) is 1.44. The molecule has 1 aromatic rings. The third-order valence-electron chi connectivity index (χ3n) is 1.05. The number of hydrogen-bond acceptors (Lipinski definition) is 3. The largest absolute Gasteiger partial charge is 0.360 e. The quantitative estimate of drug-likeness (QED) is 0.645. The zero-order valence-electron chi connectivity index (χ0n) is 5.90. The van der Waals surface area contributed by atoms with Gasteiger partial charge in [-0.1, -0.05) is 5.16 Å². The van der Waals surface area contributed by atoms with Crippen molar-refractivity contribution in [1.82, 2.24) is 9.88 Å². The molecule has 0 aromatic carbocycles. The van der Waals surface area contributed by atoms with E-state index in [-0.39, 0.29) is 6.54 Å². The van der Waals surface area contributed by atoms with Crippen LogP contribution < -0.4 is 4.72 Å². The molecule has 6 heteroatoms. The van der Waals surface area contributed by atoms with E-state index in [0.717, 1.165) is 5.69 Å². The first kappa shape index (κ1) is 8.38. The standard InChI is InChI=1S/C5H8N2O3S/c1-4-2-5(10-7-4)3-6-11(8)9/h2,6H,3H2,1H3,(H,8,9). The van der Waals surface area contributed by atoms with Gasteiger partial charge in [-0.15, -0.1) is 0 Å². The summed E-state index contributed by atoms with van der Waals surface area (Å²) in [4.78, 5) is 0. The Morgan fingerprint density at radius 1 is 1.91 bits per heavy atom. The van der Waals surface area contributed by atoms with Crippen LogP contribution in [0.2, 0.25) is 0 Å². The third kappa shape index (κ3) is 2.79. The summed E-state index contributed by atoms with van der Waals surface area (Å²) >= 11 is -1.99. The van der Waals surface area contributed by atoms with Gasteiger partial charge in [0.2, 0.25) is 11.3 Å². The lowest BCUT2D eigenvalue weighted by atomic mass is 10.4. The van der Waals surface area contributed by atoms with Gasteiger partial charge in [0, 0.05) is 6.07 Å². The Kier molecular flexibility index (Phi) is 2.75. The molecule has 1 unspecified atom stereocenters. The Hall–Kier alpha value is -0.720. The van der Waals surface area contributed by atoms with Crippen molar-refractivity contribution >= 4 is 11.3 Å². The molecule has 2 N–H and O–H groups in total. The molecule has 0 bridgehead atoms. The number of rotatable bonds is 3. The number of hydrogen-bond donors (Lipinski definition) is 2. The van der Waals surface area contributed by atoms with Crippen LogP contribution in [0.3, 0.4) is 0 Å². The highest BCUT2D eigenvalue weighted by molar-refractivity contribution is 7.77. The highest BCUT2D eigenvalue weighted by Gasteiger charge is 2.00. The number of aryl methyl sites for hydroxylation is 1. The molecule has 0 fully saturated rings. The molecule has 1 atom stereocenters. The van der Waals surface area contributed by atoms with Gasteiger partial charge in [-0.3, -0.25) is 4.55 Å². The predicted molar refractivity (Wildman–Crippen MR) is 38.9 cm³/mol. The summed E-state index contributed by atoms with van der Waals surface area (Å²) in [7, 11) is 0. The van der Waals surface area contributed by atoms with Crippen molar-refractivity contribution in [2.24, 2.45) is 0 Å². The minimum Gasteiger partial charge on any atom is -0.360 e. The van der Waals surface area contributed by atoms with Crippen molar-refractivity contribution in [2.45, 2.75) is 13.5 Å². The van der Waals surface area contributed by atoms with E-state index in [1.165, 1.54) is 0 Å². The van der Waals surface area contributed by atoms with Crippen LogP contribution in [0.1, 0.15) is 11.5 Å². The topological polar surface area (TPSA) is 75.4 Å². The predicted octanol–water partition coefficient (Wildman–Crippen LogP) is 0.209. The molecule has 0 saturated carbocycles. The first-order valence-corrected chi connectivity index (χ1v) is 4.05. The number of aromatic nitrogens is 1. The second kappa shape index (κ2) is 3.61. The van der Waals surface area contributed by atoms with Crippen LogP contribution in [0, 0.1) is 6.92 Å². The van der Waals surface area contributed by atoms with Crippen LogP contribution >= 0.6 is 0 Å². The van der Waals surface area contributed by atoms with E-state index in [2.05, 4.69) is 9.88 Å². The molecule has 0 radical (unpaired) electrons. The minimum absolute atomic E-state index is 0.212. The van der Waals surface area contributed by atoms with E-state index in [1.807, 2.05) is 0 Å². The molecule has 0 aliphatic rings. The zero-order chi connectivity index (χ0) is 8.27. The summed E-state index contributed by atoms with van der Waals surface area (Å²) in [6.45, 7) is 1.99. The molecule has 1 rings (SSSR count). The Balaban J connectivity index is 2.45. The van der Waals surface area contributed by atoms with Crippen molar-refractivity contribution in [3.05, 3.63) is 17.5 Å².